The summed E-state index contributed by atoms with van der Waals surface area (Å²) in [6.45, 7) is 9.08. The highest BCUT2D eigenvalue weighted by molar-refractivity contribution is 6.39. The van der Waals surface area contributed by atoms with E-state index in [2.05, 4.69) is 15.6 Å². The molecule has 1 aliphatic rings. The van der Waals surface area contributed by atoms with Gasteiger partial charge < -0.3 is 15.0 Å². The fraction of sp³-hybridized carbons (Fsp3) is 0.440. The first kappa shape index (κ1) is 27.3. The summed E-state index contributed by atoms with van der Waals surface area (Å²) in [4.78, 5) is 43.4. The Balaban J connectivity index is 1.74. The number of hydrogen-bond acceptors (Lipinski definition) is 5. The van der Waals surface area contributed by atoms with Crippen LogP contribution < -0.4 is 10.6 Å². The molecule has 3 rings (SSSR count). The number of pyridine rings is 1. The summed E-state index contributed by atoms with van der Waals surface area (Å²) in [5.74, 6) is -3.64. The highest BCUT2D eigenvalue weighted by Gasteiger charge is 2.35. The number of likely N-dealkylation sites (tertiary alicyclic amines) is 1. The molecule has 0 bridgehead atoms. The summed E-state index contributed by atoms with van der Waals surface area (Å²) in [7, 11) is 0. The molecule has 194 valence electrons. The quantitative estimate of drug-likeness (QED) is 0.403. The van der Waals surface area contributed by atoms with E-state index in [4.69, 9.17) is 16.3 Å². The Morgan fingerprint density at radius 1 is 1.14 bits per heavy atom. The topological polar surface area (TPSA) is 101 Å². The number of carbonyl (C=O) groups is 3. The Kier molecular flexibility index (Phi) is 8.18. The number of piperidine rings is 1. The van der Waals surface area contributed by atoms with Crippen molar-refractivity contribution in [3.63, 3.8) is 0 Å². The molecule has 11 heteroatoms. The normalized spacial score (nSPS) is 17.9. The van der Waals surface area contributed by atoms with Gasteiger partial charge in [0, 0.05) is 6.54 Å². The first-order valence-corrected chi connectivity index (χ1v) is 11.9. The van der Waals surface area contributed by atoms with Gasteiger partial charge in [-0.3, -0.25) is 14.9 Å². The largest absolute Gasteiger partial charge is 0.444 e. The predicted molar refractivity (Wildman–Crippen MR) is 132 cm³/mol. The van der Waals surface area contributed by atoms with Gasteiger partial charge in [0.25, 0.3) is 0 Å². The molecule has 2 atom stereocenters. The average molecular weight is 523 g/mol. The van der Waals surface area contributed by atoms with Crippen molar-refractivity contribution in [2.75, 3.05) is 17.2 Å². The van der Waals surface area contributed by atoms with Crippen LogP contribution in [0.3, 0.4) is 0 Å². The fourth-order valence-electron chi connectivity index (χ4n) is 3.98. The van der Waals surface area contributed by atoms with Gasteiger partial charge >= 0.3 is 17.9 Å². The molecule has 0 saturated carbocycles. The maximum atomic E-state index is 14.0. The maximum Gasteiger partial charge on any atom is 0.413 e. The van der Waals surface area contributed by atoms with E-state index in [1.807, 2.05) is 6.92 Å². The highest BCUT2D eigenvalue weighted by atomic mass is 35.5. The number of nitrogens with one attached hydrogen (secondary N) is 2. The third kappa shape index (κ3) is 6.69. The minimum atomic E-state index is -1.16. The van der Waals surface area contributed by atoms with Crippen LogP contribution in [0.25, 0.3) is 0 Å². The minimum absolute atomic E-state index is 0.112. The number of nitrogens with zero attached hydrogens (tertiary/aromatic N) is 2. The molecule has 1 aromatic carbocycles. The number of carbonyl (C=O) groups excluding carboxylic acids is 3. The van der Waals surface area contributed by atoms with E-state index in [1.165, 1.54) is 17.2 Å². The highest BCUT2D eigenvalue weighted by Crippen LogP contribution is 2.35. The molecule has 0 radical (unpaired) electrons. The third-order valence-electron chi connectivity index (χ3n) is 5.62. The number of benzene rings is 1. The summed E-state index contributed by atoms with van der Waals surface area (Å²) in [6.07, 6.45) is 1.83. The van der Waals surface area contributed by atoms with Gasteiger partial charge in [-0.15, -0.1) is 0 Å². The third-order valence-corrected chi connectivity index (χ3v) is 5.89. The SMILES string of the molecule is Cc1cc(NC(=O)C(=O)N2C[C@@H](C)CC[C@@H]2c2cc(F)c(F)c(Cl)c2)cnc1NC(=O)OC(C)(C)C. The van der Waals surface area contributed by atoms with Crippen molar-refractivity contribution < 1.29 is 27.9 Å². The molecular formula is C25H29ClF2N4O4. The lowest BCUT2D eigenvalue weighted by Gasteiger charge is -2.38. The first-order valence-electron chi connectivity index (χ1n) is 11.5. The average Bonchev–Trinajstić information content (AvgIpc) is 2.77. The Labute approximate surface area is 213 Å². The van der Waals surface area contributed by atoms with Crippen LogP contribution in [0, 0.1) is 24.5 Å². The van der Waals surface area contributed by atoms with Gasteiger partial charge in [-0.25, -0.2) is 18.6 Å². The van der Waals surface area contributed by atoms with Crippen molar-refractivity contribution in [1.82, 2.24) is 9.88 Å². The number of ether oxygens (including phenoxy) is 1. The van der Waals surface area contributed by atoms with Gasteiger partial charge in [-0.1, -0.05) is 18.5 Å². The molecule has 0 unspecified atom stereocenters. The molecule has 3 amide bonds. The number of aromatic nitrogens is 1. The zero-order valence-electron chi connectivity index (χ0n) is 20.7. The van der Waals surface area contributed by atoms with E-state index in [0.29, 0.717) is 17.5 Å². The fourth-order valence-corrected chi connectivity index (χ4v) is 4.20. The van der Waals surface area contributed by atoms with Crippen molar-refractivity contribution in [2.24, 2.45) is 5.92 Å². The Morgan fingerprint density at radius 2 is 1.83 bits per heavy atom. The summed E-state index contributed by atoms with van der Waals surface area (Å²) in [5.41, 5.74) is 0.424. The number of hydrogen-bond donors (Lipinski definition) is 2. The van der Waals surface area contributed by atoms with E-state index in [9.17, 15) is 23.2 Å². The number of aryl methyl sites for hydroxylation is 1. The molecule has 2 aromatic rings. The van der Waals surface area contributed by atoms with Gasteiger partial charge in [0.15, 0.2) is 11.6 Å². The van der Waals surface area contributed by atoms with Crippen LogP contribution in [0.1, 0.15) is 57.7 Å². The van der Waals surface area contributed by atoms with E-state index in [-0.39, 0.29) is 29.0 Å². The zero-order valence-corrected chi connectivity index (χ0v) is 21.5. The van der Waals surface area contributed by atoms with Crippen LogP contribution in [0.5, 0.6) is 0 Å². The van der Waals surface area contributed by atoms with Crippen molar-refractivity contribution in [1.29, 1.82) is 0 Å². The van der Waals surface area contributed by atoms with Gasteiger partial charge in [0.2, 0.25) is 0 Å². The molecule has 36 heavy (non-hydrogen) atoms. The van der Waals surface area contributed by atoms with Crippen LogP contribution in [-0.2, 0) is 14.3 Å². The molecule has 0 spiro atoms. The van der Waals surface area contributed by atoms with E-state index < -0.39 is 41.2 Å². The zero-order chi connectivity index (χ0) is 26.8. The predicted octanol–water partition coefficient (Wildman–Crippen LogP) is 5.61. The van der Waals surface area contributed by atoms with Gasteiger partial charge in [-0.2, -0.15) is 0 Å². The Hall–Kier alpha value is -3.27. The second-order valence-corrected chi connectivity index (χ2v) is 10.3. The number of rotatable bonds is 3. The Morgan fingerprint density at radius 3 is 2.44 bits per heavy atom. The molecule has 8 nitrogen and oxygen atoms in total. The van der Waals surface area contributed by atoms with Crippen LogP contribution in [-0.4, -0.2) is 39.9 Å². The molecule has 2 N–H and O–H groups in total. The molecule has 1 aromatic heterocycles. The van der Waals surface area contributed by atoms with Crippen LogP contribution in [0.2, 0.25) is 5.02 Å². The summed E-state index contributed by atoms with van der Waals surface area (Å²) in [5, 5.41) is 4.67. The van der Waals surface area contributed by atoms with Crippen LogP contribution in [0.4, 0.5) is 25.1 Å². The summed E-state index contributed by atoms with van der Waals surface area (Å²) in [6, 6.07) is 3.20. The standard InChI is InChI=1S/C25H29ClF2N4O4/c1-13-6-7-19(15-9-17(26)20(28)18(27)10-15)32(12-13)23(34)22(33)30-16-8-14(2)21(29-11-16)31-24(35)36-25(3,4)5/h8-11,13,19H,6-7,12H2,1-5H3,(H,30,33)(H,29,31,35)/t13-,19+/m0/s1. The maximum absolute atomic E-state index is 14.0. The molecule has 2 heterocycles. The van der Waals surface area contributed by atoms with Crippen molar-refractivity contribution >= 4 is 41.0 Å². The lowest BCUT2D eigenvalue weighted by molar-refractivity contribution is -0.146. The monoisotopic (exact) mass is 522 g/mol. The summed E-state index contributed by atoms with van der Waals surface area (Å²) >= 11 is 5.82. The molecule has 1 fully saturated rings. The molecular weight excluding hydrogens is 494 g/mol. The lowest BCUT2D eigenvalue weighted by atomic mass is 9.89. The molecule has 1 saturated heterocycles. The second-order valence-electron chi connectivity index (χ2n) is 9.92. The van der Waals surface area contributed by atoms with Crippen LogP contribution in [0.15, 0.2) is 24.4 Å². The van der Waals surface area contributed by atoms with E-state index in [0.717, 1.165) is 12.5 Å². The number of halogens is 3. The minimum Gasteiger partial charge on any atom is -0.444 e. The molecule has 1 aliphatic heterocycles. The summed E-state index contributed by atoms with van der Waals surface area (Å²) < 4.78 is 32.9. The second kappa shape index (κ2) is 10.8. The van der Waals surface area contributed by atoms with Gasteiger partial charge in [0.1, 0.15) is 11.4 Å². The van der Waals surface area contributed by atoms with E-state index >= 15 is 0 Å². The van der Waals surface area contributed by atoms with Crippen LogP contribution >= 0.6 is 11.6 Å². The first-order chi connectivity index (χ1) is 16.7. The van der Waals surface area contributed by atoms with Crippen molar-refractivity contribution in [2.45, 2.75) is 59.1 Å². The van der Waals surface area contributed by atoms with Crippen molar-refractivity contribution in [3.8, 4) is 0 Å². The number of amides is 3. The van der Waals surface area contributed by atoms with E-state index in [1.54, 1.807) is 33.8 Å². The number of anilines is 2. The Bertz CT molecular complexity index is 1160. The molecule has 0 aliphatic carbocycles. The lowest BCUT2D eigenvalue weighted by Crippen LogP contribution is -2.46. The van der Waals surface area contributed by atoms with Gasteiger partial charge in [0.05, 0.1) is 22.9 Å². The smallest absolute Gasteiger partial charge is 0.413 e. The van der Waals surface area contributed by atoms with Gasteiger partial charge in [-0.05, 0) is 75.8 Å². The van der Waals surface area contributed by atoms with Crippen molar-refractivity contribution in [3.05, 3.63) is 52.2 Å².